The number of anilines is 2. The molecule has 0 bridgehead atoms. The molecular formula is C11H15N5. The van der Waals surface area contributed by atoms with Gasteiger partial charge in [-0.1, -0.05) is 0 Å². The summed E-state index contributed by atoms with van der Waals surface area (Å²) < 4.78 is 1.79. The van der Waals surface area contributed by atoms with E-state index in [-0.39, 0.29) is 0 Å². The second kappa shape index (κ2) is 4.65. The molecule has 0 unspecified atom stereocenters. The topological polar surface area (TPSA) is 54.8 Å². The van der Waals surface area contributed by atoms with Crippen molar-refractivity contribution in [2.24, 2.45) is 7.05 Å². The SMILES string of the molecule is CNc1cncc(NCc2cnn(C)c2)c1. The van der Waals surface area contributed by atoms with Gasteiger partial charge in [-0.25, -0.2) is 0 Å². The van der Waals surface area contributed by atoms with Crippen LogP contribution in [0.1, 0.15) is 5.56 Å². The van der Waals surface area contributed by atoms with Crippen LogP contribution in [0.25, 0.3) is 0 Å². The zero-order chi connectivity index (χ0) is 11.4. The molecule has 5 nitrogen and oxygen atoms in total. The summed E-state index contributed by atoms with van der Waals surface area (Å²) in [5.74, 6) is 0. The highest BCUT2D eigenvalue weighted by molar-refractivity contribution is 5.53. The first-order chi connectivity index (χ1) is 7.78. The van der Waals surface area contributed by atoms with Crippen molar-refractivity contribution >= 4 is 11.4 Å². The summed E-state index contributed by atoms with van der Waals surface area (Å²) in [4.78, 5) is 4.13. The number of hydrogen-bond donors (Lipinski definition) is 2. The first-order valence-electron chi connectivity index (χ1n) is 5.12. The van der Waals surface area contributed by atoms with Crippen LogP contribution >= 0.6 is 0 Å². The average molecular weight is 217 g/mol. The number of rotatable bonds is 4. The molecule has 0 saturated carbocycles. The van der Waals surface area contributed by atoms with Gasteiger partial charge in [0.2, 0.25) is 0 Å². The number of pyridine rings is 1. The summed E-state index contributed by atoms with van der Waals surface area (Å²) in [6, 6.07) is 2.02. The number of aryl methyl sites for hydroxylation is 1. The Hall–Kier alpha value is -2.04. The van der Waals surface area contributed by atoms with E-state index in [0.29, 0.717) is 0 Å². The first-order valence-corrected chi connectivity index (χ1v) is 5.12. The Kier molecular flexibility index (Phi) is 3.05. The van der Waals surface area contributed by atoms with Gasteiger partial charge >= 0.3 is 0 Å². The van der Waals surface area contributed by atoms with Crippen molar-refractivity contribution in [3.05, 3.63) is 36.4 Å². The monoisotopic (exact) mass is 217 g/mol. The smallest absolute Gasteiger partial charge is 0.0550 e. The summed E-state index contributed by atoms with van der Waals surface area (Å²) >= 11 is 0. The van der Waals surface area contributed by atoms with Crippen LogP contribution in [-0.4, -0.2) is 21.8 Å². The second-order valence-corrected chi connectivity index (χ2v) is 3.59. The molecule has 2 aromatic rings. The molecule has 16 heavy (non-hydrogen) atoms. The predicted octanol–water partition coefficient (Wildman–Crippen LogP) is 1.47. The summed E-state index contributed by atoms with van der Waals surface area (Å²) in [6.45, 7) is 0.753. The van der Waals surface area contributed by atoms with Gasteiger partial charge in [-0.15, -0.1) is 0 Å². The molecule has 0 aliphatic rings. The molecule has 5 heteroatoms. The molecule has 2 heterocycles. The van der Waals surface area contributed by atoms with Crippen LogP contribution in [0.5, 0.6) is 0 Å². The lowest BCUT2D eigenvalue weighted by atomic mass is 10.3. The molecular weight excluding hydrogens is 202 g/mol. The fraction of sp³-hybridized carbons (Fsp3) is 0.273. The molecule has 0 aliphatic carbocycles. The molecule has 2 rings (SSSR count). The van der Waals surface area contributed by atoms with Crippen molar-refractivity contribution in [1.29, 1.82) is 0 Å². The minimum absolute atomic E-state index is 0.753. The van der Waals surface area contributed by atoms with Crippen molar-refractivity contribution < 1.29 is 0 Å². The average Bonchev–Trinajstić information content (AvgIpc) is 2.73. The zero-order valence-electron chi connectivity index (χ0n) is 9.44. The van der Waals surface area contributed by atoms with Gasteiger partial charge in [0.05, 0.1) is 30.0 Å². The number of nitrogens with zero attached hydrogens (tertiary/aromatic N) is 3. The van der Waals surface area contributed by atoms with Crippen LogP contribution in [0.15, 0.2) is 30.9 Å². The molecule has 0 fully saturated rings. The van der Waals surface area contributed by atoms with E-state index in [1.165, 1.54) is 0 Å². The molecule has 0 aliphatic heterocycles. The highest BCUT2D eigenvalue weighted by Crippen LogP contribution is 2.13. The molecule has 0 saturated heterocycles. The Morgan fingerprint density at radius 1 is 1.25 bits per heavy atom. The zero-order valence-corrected chi connectivity index (χ0v) is 9.44. The van der Waals surface area contributed by atoms with Gasteiger partial charge in [0.25, 0.3) is 0 Å². The minimum atomic E-state index is 0.753. The Balaban J connectivity index is 1.99. The van der Waals surface area contributed by atoms with Crippen LogP contribution in [0, 0.1) is 0 Å². The molecule has 0 amide bonds. The van der Waals surface area contributed by atoms with Crippen LogP contribution in [0.2, 0.25) is 0 Å². The van der Waals surface area contributed by atoms with Crippen LogP contribution in [-0.2, 0) is 13.6 Å². The van der Waals surface area contributed by atoms with E-state index < -0.39 is 0 Å². The van der Waals surface area contributed by atoms with E-state index in [0.717, 1.165) is 23.5 Å². The third kappa shape index (κ3) is 2.50. The summed E-state index contributed by atoms with van der Waals surface area (Å²) in [5.41, 5.74) is 3.14. The maximum Gasteiger partial charge on any atom is 0.0550 e. The fourth-order valence-corrected chi connectivity index (χ4v) is 1.44. The van der Waals surface area contributed by atoms with Gasteiger partial charge in [0.1, 0.15) is 0 Å². The molecule has 0 radical (unpaired) electrons. The molecule has 0 spiro atoms. The Bertz CT molecular complexity index is 463. The van der Waals surface area contributed by atoms with Crippen LogP contribution in [0.4, 0.5) is 11.4 Å². The number of hydrogen-bond acceptors (Lipinski definition) is 4. The largest absolute Gasteiger partial charge is 0.387 e. The summed E-state index contributed by atoms with van der Waals surface area (Å²) in [6.07, 6.45) is 7.43. The second-order valence-electron chi connectivity index (χ2n) is 3.59. The third-order valence-electron chi connectivity index (χ3n) is 2.28. The summed E-state index contributed by atoms with van der Waals surface area (Å²) in [5, 5.41) is 10.5. The maximum absolute atomic E-state index is 4.13. The van der Waals surface area contributed by atoms with Crippen molar-refractivity contribution in [2.75, 3.05) is 17.7 Å². The Morgan fingerprint density at radius 3 is 2.75 bits per heavy atom. The number of aromatic nitrogens is 3. The van der Waals surface area contributed by atoms with Crippen LogP contribution in [0.3, 0.4) is 0 Å². The summed E-state index contributed by atoms with van der Waals surface area (Å²) in [7, 11) is 3.79. The van der Waals surface area contributed by atoms with Crippen molar-refractivity contribution in [3.8, 4) is 0 Å². The quantitative estimate of drug-likeness (QED) is 0.814. The lowest BCUT2D eigenvalue weighted by Gasteiger charge is -2.06. The van der Waals surface area contributed by atoms with Gasteiger partial charge in [-0.3, -0.25) is 9.67 Å². The highest BCUT2D eigenvalue weighted by atomic mass is 15.2. The van der Waals surface area contributed by atoms with Crippen LogP contribution < -0.4 is 10.6 Å². The highest BCUT2D eigenvalue weighted by Gasteiger charge is 1.97. The van der Waals surface area contributed by atoms with E-state index in [1.54, 1.807) is 17.1 Å². The van der Waals surface area contributed by atoms with E-state index in [4.69, 9.17) is 0 Å². The van der Waals surface area contributed by atoms with Gasteiger partial charge in [-0.05, 0) is 6.07 Å². The van der Waals surface area contributed by atoms with E-state index >= 15 is 0 Å². The lowest BCUT2D eigenvalue weighted by Crippen LogP contribution is -2.00. The molecule has 0 aromatic carbocycles. The third-order valence-corrected chi connectivity index (χ3v) is 2.28. The minimum Gasteiger partial charge on any atom is -0.387 e. The van der Waals surface area contributed by atoms with Gasteiger partial charge in [0.15, 0.2) is 0 Å². The first kappa shape index (κ1) is 10.5. The predicted molar refractivity (Wildman–Crippen MR) is 64.3 cm³/mol. The normalized spacial score (nSPS) is 10.1. The lowest BCUT2D eigenvalue weighted by molar-refractivity contribution is 0.767. The number of nitrogens with one attached hydrogen (secondary N) is 2. The molecule has 0 atom stereocenters. The Morgan fingerprint density at radius 2 is 2.06 bits per heavy atom. The maximum atomic E-state index is 4.13. The Labute approximate surface area is 94.5 Å². The van der Waals surface area contributed by atoms with E-state index in [9.17, 15) is 0 Å². The molecule has 84 valence electrons. The molecule has 2 aromatic heterocycles. The van der Waals surface area contributed by atoms with Gasteiger partial charge in [-0.2, -0.15) is 5.10 Å². The van der Waals surface area contributed by atoms with Crippen molar-refractivity contribution in [1.82, 2.24) is 14.8 Å². The molecule has 2 N–H and O–H groups in total. The fourth-order valence-electron chi connectivity index (χ4n) is 1.44. The standard InChI is InChI=1S/C11H15N5/c1-12-10-3-11(7-13-6-10)14-4-9-5-15-16(2)8-9/h3,5-8,12,14H,4H2,1-2H3. The van der Waals surface area contributed by atoms with E-state index in [2.05, 4.69) is 20.7 Å². The van der Waals surface area contributed by atoms with Gasteiger partial charge in [0, 0.05) is 32.4 Å². The van der Waals surface area contributed by atoms with Crippen molar-refractivity contribution in [2.45, 2.75) is 6.54 Å². The van der Waals surface area contributed by atoms with Gasteiger partial charge < -0.3 is 10.6 Å². The van der Waals surface area contributed by atoms with Crippen molar-refractivity contribution in [3.63, 3.8) is 0 Å². The van der Waals surface area contributed by atoms with E-state index in [1.807, 2.05) is 32.6 Å².